The van der Waals surface area contributed by atoms with Gasteiger partial charge in [0.1, 0.15) is 0 Å². The first-order valence-corrected chi connectivity index (χ1v) is 7.12. The summed E-state index contributed by atoms with van der Waals surface area (Å²) in [6, 6.07) is 1.99. The van der Waals surface area contributed by atoms with E-state index in [4.69, 9.17) is 0 Å². The molecule has 0 saturated carbocycles. The molecule has 0 amide bonds. The summed E-state index contributed by atoms with van der Waals surface area (Å²) < 4.78 is 1.85. The van der Waals surface area contributed by atoms with Crippen molar-refractivity contribution in [2.75, 3.05) is 13.1 Å². The molecule has 6 heteroatoms. The Morgan fingerprint density at radius 1 is 1.40 bits per heavy atom. The predicted molar refractivity (Wildman–Crippen MR) is 95.5 cm³/mol. The number of aromatic nitrogens is 2. The molecule has 2 N–H and O–H groups in total. The van der Waals surface area contributed by atoms with Gasteiger partial charge in [-0.1, -0.05) is 13.8 Å². The molecule has 116 valence electrons. The maximum atomic E-state index is 4.57. The van der Waals surface area contributed by atoms with Crippen molar-refractivity contribution >= 4 is 29.9 Å². The van der Waals surface area contributed by atoms with E-state index in [1.54, 1.807) is 6.20 Å². The molecule has 0 spiro atoms. The molecule has 0 radical (unpaired) electrons. The molecular formula is C14H28IN5. The van der Waals surface area contributed by atoms with Crippen LogP contribution in [0, 0.1) is 5.92 Å². The van der Waals surface area contributed by atoms with Crippen LogP contribution in [0.15, 0.2) is 17.3 Å². The second-order valence-corrected chi connectivity index (χ2v) is 5.10. The highest BCUT2D eigenvalue weighted by Gasteiger charge is 2.00. The normalized spacial score (nSPS) is 11.3. The Balaban J connectivity index is 0.00000361. The second kappa shape index (κ2) is 10.9. The number of hydrogen-bond acceptors (Lipinski definition) is 2. The van der Waals surface area contributed by atoms with Crippen molar-refractivity contribution < 1.29 is 0 Å². The van der Waals surface area contributed by atoms with Crippen LogP contribution in [0.25, 0.3) is 0 Å². The van der Waals surface area contributed by atoms with Crippen LogP contribution in [0.5, 0.6) is 0 Å². The number of hydrogen-bond donors (Lipinski definition) is 2. The van der Waals surface area contributed by atoms with E-state index in [0.717, 1.165) is 30.7 Å². The van der Waals surface area contributed by atoms with Crippen LogP contribution >= 0.6 is 24.0 Å². The number of aryl methyl sites for hydroxylation is 1. The number of rotatable bonds is 7. The lowest BCUT2D eigenvalue weighted by atomic mass is 10.1. The molecule has 0 saturated heterocycles. The fourth-order valence-corrected chi connectivity index (χ4v) is 1.78. The van der Waals surface area contributed by atoms with Crippen molar-refractivity contribution in [3.8, 4) is 0 Å². The van der Waals surface area contributed by atoms with Crippen molar-refractivity contribution in [2.24, 2.45) is 18.0 Å². The minimum Gasteiger partial charge on any atom is -0.357 e. The van der Waals surface area contributed by atoms with Gasteiger partial charge in [0.15, 0.2) is 5.96 Å². The highest BCUT2D eigenvalue weighted by Crippen LogP contribution is 2.02. The lowest BCUT2D eigenvalue weighted by molar-refractivity contribution is 0.549. The minimum absolute atomic E-state index is 0. The molecule has 0 aliphatic rings. The first-order chi connectivity index (χ1) is 9.13. The molecule has 20 heavy (non-hydrogen) atoms. The minimum atomic E-state index is 0. The van der Waals surface area contributed by atoms with Gasteiger partial charge in [-0.15, -0.1) is 24.0 Å². The van der Waals surface area contributed by atoms with Crippen LogP contribution in [-0.2, 0) is 13.6 Å². The monoisotopic (exact) mass is 393 g/mol. The number of guanidine groups is 1. The van der Waals surface area contributed by atoms with E-state index in [1.165, 1.54) is 12.8 Å². The van der Waals surface area contributed by atoms with Gasteiger partial charge in [-0.25, -0.2) is 4.99 Å². The SMILES string of the molecule is CCNC(=NCc1ccnn1C)NCCCC(C)C.I. The van der Waals surface area contributed by atoms with Crippen LogP contribution in [0.1, 0.15) is 39.3 Å². The maximum absolute atomic E-state index is 4.57. The smallest absolute Gasteiger partial charge is 0.191 e. The molecule has 0 aromatic carbocycles. The average molecular weight is 393 g/mol. The Morgan fingerprint density at radius 3 is 2.70 bits per heavy atom. The highest BCUT2D eigenvalue weighted by atomic mass is 127. The topological polar surface area (TPSA) is 54.2 Å². The van der Waals surface area contributed by atoms with Gasteiger partial charge >= 0.3 is 0 Å². The molecule has 0 bridgehead atoms. The molecule has 0 atom stereocenters. The molecule has 1 heterocycles. The standard InChI is InChI=1S/C14H27N5.HI/c1-5-15-14(16-9-6-7-12(2)3)17-11-13-8-10-18-19(13)4;/h8,10,12H,5-7,9,11H2,1-4H3,(H2,15,16,17);1H. The van der Waals surface area contributed by atoms with E-state index in [0.29, 0.717) is 6.54 Å². The van der Waals surface area contributed by atoms with E-state index in [-0.39, 0.29) is 24.0 Å². The van der Waals surface area contributed by atoms with Crippen LogP contribution in [0.3, 0.4) is 0 Å². The van der Waals surface area contributed by atoms with Crippen molar-refractivity contribution in [3.05, 3.63) is 18.0 Å². The quantitative estimate of drug-likeness (QED) is 0.324. The molecule has 0 aliphatic carbocycles. The number of nitrogens with zero attached hydrogens (tertiary/aromatic N) is 3. The molecule has 1 aromatic rings. The zero-order chi connectivity index (χ0) is 14.1. The summed E-state index contributed by atoms with van der Waals surface area (Å²) in [5, 5.41) is 10.8. The second-order valence-electron chi connectivity index (χ2n) is 5.10. The third-order valence-electron chi connectivity index (χ3n) is 2.92. The van der Waals surface area contributed by atoms with E-state index >= 15 is 0 Å². The van der Waals surface area contributed by atoms with Gasteiger partial charge in [0.2, 0.25) is 0 Å². The Labute approximate surface area is 139 Å². The number of aliphatic imine (C=N–C) groups is 1. The summed E-state index contributed by atoms with van der Waals surface area (Å²) in [5.74, 6) is 1.64. The zero-order valence-corrected chi connectivity index (χ0v) is 15.3. The fraction of sp³-hybridized carbons (Fsp3) is 0.714. The van der Waals surface area contributed by atoms with Gasteiger partial charge < -0.3 is 10.6 Å². The Morgan fingerprint density at radius 2 is 2.15 bits per heavy atom. The average Bonchev–Trinajstić information content (AvgIpc) is 2.77. The summed E-state index contributed by atoms with van der Waals surface area (Å²) >= 11 is 0. The Hall–Kier alpha value is -0.790. The Kier molecular flexibility index (Phi) is 10.5. The van der Waals surface area contributed by atoms with E-state index in [1.807, 2.05) is 17.8 Å². The fourth-order valence-electron chi connectivity index (χ4n) is 1.78. The number of nitrogens with one attached hydrogen (secondary N) is 2. The predicted octanol–water partition coefficient (Wildman–Crippen LogP) is 2.53. The van der Waals surface area contributed by atoms with Crippen LogP contribution < -0.4 is 10.6 Å². The van der Waals surface area contributed by atoms with Crippen molar-refractivity contribution in [1.29, 1.82) is 0 Å². The van der Waals surface area contributed by atoms with Gasteiger partial charge in [0.25, 0.3) is 0 Å². The molecule has 0 unspecified atom stereocenters. The molecule has 5 nitrogen and oxygen atoms in total. The largest absolute Gasteiger partial charge is 0.357 e. The Bertz CT molecular complexity index is 387. The van der Waals surface area contributed by atoms with Gasteiger partial charge in [-0.05, 0) is 31.7 Å². The van der Waals surface area contributed by atoms with Gasteiger partial charge in [-0.3, -0.25) is 4.68 Å². The molecule has 0 aliphatic heterocycles. The third-order valence-corrected chi connectivity index (χ3v) is 2.92. The lowest BCUT2D eigenvalue weighted by Gasteiger charge is -2.12. The summed E-state index contributed by atoms with van der Waals surface area (Å²) in [4.78, 5) is 4.57. The van der Waals surface area contributed by atoms with Gasteiger partial charge in [0, 0.05) is 26.3 Å². The van der Waals surface area contributed by atoms with Gasteiger partial charge in [0.05, 0.1) is 12.2 Å². The van der Waals surface area contributed by atoms with Gasteiger partial charge in [-0.2, -0.15) is 5.10 Å². The van der Waals surface area contributed by atoms with E-state index < -0.39 is 0 Å². The van der Waals surface area contributed by atoms with Crippen molar-refractivity contribution in [2.45, 2.75) is 40.2 Å². The van der Waals surface area contributed by atoms with Crippen molar-refractivity contribution in [1.82, 2.24) is 20.4 Å². The lowest BCUT2D eigenvalue weighted by Crippen LogP contribution is -2.37. The summed E-state index contributed by atoms with van der Waals surface area (Å²) in [6.45, 7) is 9.07. The third kappa shape index (κ3) is 7.72. The molecule has 1 aromatic heterocycles. The van der Waals surface area contributed by atoms with E-state index in [2.05, 4.69) is 41.5 Å². The molecule has 1 rings (SSSR count). The summed E-state index contributed by atoms with van der Waals surface area (Å²) in [5.41, 5.74) is 1.11. The summed E-state index contributed by atoms with van der Waals surface area (Å²) in [7, 11) is 1.94. The molecule has 0 fully saturated rings. The van der Waals surface area contributed by atoms with E-state index in [9.17, 15) is 0 Å². The summed E-state index contributed by atoms with van der Waals surface area (Å²) in [6.07, 6.45) is 4.22. The highest BCUT2D eigenvalue weighted by molar-refractivity contribution is 14.0. The molecular weight excluding hydrogens is 365 g/mol. The number of halogens is 1. The van der Waals surface area contributed by atoms with Crippen LogP contribution in [0.2, 0.25) is 0 Å². The van der Waals surface area contributed by atoms with Crippen molar-refractivity contribution in [3.63, 3.8) is 0 Å². The zero-order valence-electron chi connectivity index (χ0n) is 13.0. The van der Waals surface area contributed by atoms with Crippen LogP contribution in [-0.4, -0.2) is 28.8 Å². The van der Waals surface area contributed by atoms with Crippen LogP contribution in [0.4, 0.5) is 0 Å². The first kappa shape index (κ1) is 19.2. The first-order valence-electron chi connectivity index (χ1n) is 7.12. The maximum Gasteiger partial charge on any atom is 0.191 e.